The molecule has 3 unspecified atom stereocenters. The van der Waals surface area contributed by atoms with Crippen LogP contribution >= 0.6 is 12.4 Å². The molecule has 0 saturated carbocycles. The molecule has 1 N–H and O–H groups in total. The average Bonchev–Trinajstić information content (AvgIpc) is 3.15. The summed E-state index contributed by atoms with van der Waals surface area (Å²) in [5, 5.41) is 3.48. The molecule has 4 aliphatic heterocycles. The lowest BCUT2D eigenvalue weighted by Crippen LogP contribution is -2.47. The number of hydrogen-bond donors (Lipinski definition) is 1. The summed E-state index contributed by atoms with van der Waals surface area (Å²) in [6.07, 6.45) is 7.54. The number of nitrogens with one attached hydrogen (secondary N) is 1. The molecule has 2 bridgehead atoms. The van der Waals surface area contributed by atoms with Crippen molar-refractivity contribution in [2.75, 3.05) is 26.2 Å². The fraction of sp³-hybridized carbons (Fsp3) is 0.933. The Morgan fingerprint density at radius 2 is 2.00 bits per heavy atom. The maximum Gasteiger partial charge on any atom is 0.228 e. The van der Waals surface area contributed by atoms with Crippen LogP contribution in [0.25, 0.3) is 0 Å². The lowest BCUT2D eigenvalue weighted by molar-refractivity contribution is -0.139. The third kappa shape index (κ3) is 2.36. The number of likely N-dealkylation sites (tertiary alicyclic amines) is 1. The van der Waals surface area contributed by atoms with Gasteiger partial charge in [-0.2, -0.15) is 0 Å². The van der Waals surface area contributed by atoms with E-state index < -0.39 is 0 Å². The van der Waals surface area contributed by atoms with Crippen LogP contribution in [0.15, 0.2) is 0 Å². The normalized spacial score (nSPS) is 38.2. The summed E-state index contributed by atoms with van der Waals surface area (Å²) in [6, 6.07) is 0. The van der Waals surface area contributed by atoms with Crippen LogP contribution in [0.4, 0.5) is 0 Å². The van der Waals surface area contributed by atoms with Gasteiger partial charge in [0, 0.05) is 19.6 Å². The summed E-state index contributed by atoms with van der Waals surface area (Å²) in [7, 11) is 0. The van der Waals surface area contributed by atoms with E-state index in [1.165, 1.54) is 25.7 Å². The molecular weight excluding hydrogens is 276 g/mol. The average molecular weight is 301 g/mol. The molecule has 1 spiro atoms. The molecule has 5 heteroatoms. The van der Waals surface area contributed by atoms with Crippen molar-refractivity contribution in [1.82, 2.24) is 10.2 Å². The first-order valence-corrected chi connectivity index (χ1v) is 7.91. The summed E-state index contributed by atoms with van der Waals surface area (Å²) in [5.74, 6) is 0.558. The van der Waals surface area contributed by atoms with Crippen LogP contribution in [0.1, 0.15) is 38.5 Å². The van der Waals surface area contributed by atoms with Crippen molar-refractivity contribution >= 4 is 18.3 Å². The molecule has 4 heterocycles. The predicted octanol–water partition coefficient (Wildman–Crippen LogP) is 1.58. The quantitative estimate of drug-likeness (QED) is 0.799. The number of ether oxygens (including phenoxy) is 1. The Morgan fingerprint density at radius 3 is 2.55 bits per heavy atom. The minimum atomic E-state index is 0. The standard InChI is InChI=1S/C15H24N2O2.ClH/c18-14(12-9-11-1-2-13(12)19-11)17-7-4-15(5-8-17)3-6-16-10-15;/h11-13,16H,1-10H2;1H. The van der Waals surface area contributed by atoms with E-state index in [0.29, 0.717) is 17.4 Å². The second-order valence-corrected chi connectivity index (χ2v) is 6.97. The van der Waals surface area contributed by atoms with Gasteiger partial charge in [-0.05, 0) is 50.5 Å². The van der Waals surface area contributed by atoms with Crippen LogP contribution in [0, 0.1) is 11.3 Å². The molecule has 20 heavy (non-hydrogen) atoms. The SMILES string of the molecule is Cl.O=C(C1CC2CCC1O2)N1CCC2(CCNC2)CC1. The number of piperidine rings is 1. The van der Waals surface area contributed by atoms with Gasteiger partial charge in [0.1, 0.15) is 0 Å². The molecule has 4 fully saturated rings. The van der Waals surface area contributed by atoms with Gasteiger partial charge in [0.25, 0.3) is 0 Å². The van der Waals surface area contributed by atoms with E-state index in [0.717, 1.165) is 39.0 Å². The summed E-state index contributed by atoms with van der Waals surface area (Å²) < 4.78 is 5.83. The molecule has 0 aromatic carbocycles. The van der Waals surface area contributed by atoms with Crippen molar-refractivity contribution in [3.05, 3.63) is 0 Å². The molecule has 0 aromatic rings. The first kappa shape index (κ1) is 14.6. The number of rotatable bonds is 1. The highest BCUT2D eigenvalue weighted by atomic mass is 35.5. The Labute approximate surface area is 127 Å². The number of carbonyl (C=O) groups is 1. The minimum Gasteiger partial charge on any atom is -0.374 e. The molecule has 0 aliphatic carbocycles. The van der Waals surface area contributed by atoms with Crippen molar-refractivity contribution in [1.29, 1.82) is 0 Å². The van der Waals surface area contributed by atoms with Gasteiger partial charge >= 0.3 is 0 Å². The molecular formula is C15H25ClN2O2. The lowest BCUT2D eigenvalue weighted by Gasteiger charge is -2.40. The van der Waals surface area contributed by atoms with Gasteiger partial charge in [0.2, 0.25) is 5.91 Å². The van der Waals surface area contributed by atoms with E-state index in [1.54, 1.807) is 0 Å². The van der Waals surface area contributed by atoms with Crippen LogP contribution in [0.5, 0.6) is 0 Å². The Bertz CT molecular complexity index is 374. The number of halogens is 1. The van der Waals surface area contributed by atoms with Crippen molar-refractivity contribution < 1.29 is 9.53 Å². The maximum absolute atomic E-state index is 12.6. The minimum absolute atomic E-state index is 0. The third-order valence-corrected chi connectivity index (χ3v) is 5.89. The fourth-order valence-electron chi connectivity index (χ4n) is 4.56. The highest BCUT2D eigenvalue weighted by Crippen LogP contribution is 2.41. The molecule has 114 valence electrons. The topological polar surface area (TPSA) is 41.6 Å². The number of hydrogen-bond acceptors (Lipinski definition) is 3. The Kier molecular flexibility index (Phi) is 3.99. The number of carbonyl (C=O) groups excluding carboxylic acids is 1. The molecule has 0 radical (unpaired) electrons. The first-order chi connectivity index (χ1) is 9.26. The van der Waals surface area contributed by atoms with E-state index in [4.69, 9.17) is 4.74 Å². The molecule has 0 aromatic heterocycles. The molecule has 1 amide bonds. The Balaban J connectivity index is 0.00000121. The van der Waals surface area contributed by atoms with E-state index in [-0.39, 0.29) is 24.4 Å². The highest BCUT2D eigenvalue weighted by Gasteiger charge is 2.47. The van der Waals surface area contributed by atoms with E-state index in [9.17, 15) is 4.79 Å². The second kappa shape index (κ2) is 5.47. The number of fused-ring (bicyclic) bond motifs is 2. The summed E-state index contributed by atoms with van der Waals surface area (Å²) >= 11 is 0. The van der Waals surface area contributed by atoms with Crippen molar-refractivity contribution in [3.8, 4) is 0 Å². The molecule has 4 rings (SSSR count). The third-order valence-electron chi connectivity index (χ3n) is 5.89. The zero-order valence-corrected chi connectivity index (χ0v) is 12.8. The number of amides is 1. The highest BCUT2D eigenvalue weighted by molar-refractivity contribution is 5.85. The Morgan fingerprint density at radius 1 is 1.20 bits per heavy atom. The van der Waals surface area contributed by atoms with Crippen LogP contribution < -0.4 is 5.32 Å². The van der Waals surface area contributed by atoms with E-state index in [2.05, 4.69) is 10.2 Å². The summed E-state index contributed by atoms with van der Waals surface area (Å²) in [5.41, 5.74) is 0.502. The Hall–Kier alpha value is -0.320. The van der Waals surface area contributed by atoms with Crippen LogP contribution in [0.2, 0.25) is 0 Å². The van der Waals surface area contributed by atoms with Gasteiger partial charge in [-0.25, -0.2) is 0 Å². The second-order valence-electron chi connectivity index (χ2n) is 6.97. The predicted molar refractivity (Wildman–Crippen MR) is 79.0 cm³/mol. The van der Waals surface area contributed by atoms with Gasteiger partial charge in [-0.3, -0.25) is 4.79 Å². The van der Waals surface area contributed by atoms with Gasteiger partial charge in [-0.1, -0.05) is 0 Å². The van der Waals surface area contributed by atoms with Crippen LogP contribution in [0.3, 0.4) is 0 Å². The molecule has 4 saturated heterocycles. The van der Waals surface area contributed by atoms with E-state index >= 15 is 0 Å². The van der Waals surface area contributed by atoms with Gasteiger partial charge in [0.05, 0.1) is 18.1 Å². The van der Waals surface area contributed by atoms with Crippen LogP contribution in [-0.2, 0) is 9.53 Å². The maximum atomic E-state index is 12.6. The monoisotopic (exact) mass is 300 g/mol. The smallest absolute Gasteiger partial charge is 0.228 e. The zero-order valence-electron chi connectivity index (χ0n) is 12.0. The molecule has 4 nitrogen and oxygen atoms in total. The molecule has 3 atom stereocenters. The number of nitrogens with zero attached hydrogens (tertiary/aromatic N) is 1. The fourth-order valence-corrected chi connectivity index (χ4v) is 4.56. The molecule has 4 aliphatic rings. The largest absolute Gasteiger partial charge is 0.374 e. The van der Waals surface area contributed by atoms with Gasteiger partial charge < -0.3 is 15.0 Å². The van der Waals surface area contributed by atoms with Crippen LogP contribution in [-0.4, -0.2) is 49.2 Å². The summed E-state index contributed by atoms with van der Waals surface area (Å²) in [6.45, 7) is 4.25. The van der Waals surface area contributed by atoms with Crippen molar-refractivity contribution in [2.45, 2.75) is 50.7 Å². The van der Waals surface area contributed by atoms with Crippen molar-refractivity contribution in [2.24, 2.45) is 11.3 Å². The van der Waals surface area contributed by atoms with Crippen molar-refractivity contribution in [3.63, 3.8) is 0 Å². The zero-order chi connectivity index (χ0) is 12.9. The lowest BCUT2D eigenvalue weighted by atomic mass is 9.77. The van der Waals surface area contributed by atoms with Gasteiger partial charge in [0.15, 0.2) is 0 Å². The van der Waals surface area contributed by atoms with E-state index in [1.807, 2.05) is 0 Å². The summed E-state index contributed by atoms with van der Waals surface area (Å²) in [4.78, 5) is 14.7. The first-order valence-electron chi connectivity index (χ1n) is 7.91. The van der Waals surface area contributed by atoms with Gasteiger partial charge in [-0.15, -0.1) is 12.4 Å².